The minimum Gasteiger partial charge on any atom is -0.447 e. The maximum Gasteiger partial charge on any atom is 0.411 e. The molecule has 0 bridgehead atoms. The highest BCUT2D eigenvalue weighted by Gasteiger charge is 2.17. The van der Waals surface area contributed by atoms with Gasteiger partial charge in [0.25, 0.3) is 0 Å². The monoisotopic (exact) mass is 255 g/mol. The number of halogens is 1. The molecular formula is C12H14ClNO3. The summed E-state index contributed by atoms with van der Waals surface area (Å²) < 4.78 is 10.4. The number of benzene rings is 1. The highest BCUT2D eigenvalue weighted by Crippen LogP contribution is 2.16. The summed E-state index contributed by atoms with van der Waals surface area (Å²) in [6.45, 7) is 1.05. The van der Waals surface area contributed by atoms with E-state index in [9.17, 15) is 4.79 Å². The molecule has 1 N–H and O–H groups in total. The number of hydrogen-bond donors (Lipinski definition) is 1. The second kappa shape index (κ2) is 5.89. The maximum atomic E-state index is 11.4. The van der Waals surface area contributed by atoms with Crippen LogP contribution in [0.4, 0.5) is 10.5 Å². The summed E-state index contributed by atoms with van der Waals surface area (Å²) in [6.07, 6.45) is 1.54. The van der Waals surface area contributed by atoms with Crippen LogP contribution < -0.4 is 5.32 Å². The lowest BCUT2D eigenvalue weighted by Gasteiger charge is -2.11. The van der Waals surface area contributed by atoms with E-state index in [1.165, 1.54) is 0 Å². The van der Waals surface area contributed by atoms with Crippen molar-refractivity contribution >= 4 is 23.4 Å². The Balaban J connectivity index is 1.76. The van der Waals surface area contributed by atoms with Gasteiger partial charge in [0.15, 0.2) is 0 Å². The molecule has 0 aromatic heterocycles. The standard InChI is InChI=1S/C12H14ClNO3/c13-9-3-1-4-10(7-9)14-12(15)17-8-11-5-2-6-16-11/h1,3-4,7,11H,2,5-6,8H2,(H,14,15)/t11-/m1/s1. The van der Waals surface area contributed by atoms with Crippen molar-refractivity contribution in [3.05, 3.63) is 29.3 Å². The lowest BCUT2D eigenvalue weighted by molar-refractivity contribution is 0.0484. The largest absolute Gasteiger partial charge is 0.447 e. The molecule has 2 rings (SSSR count). The number of hydrogen-bond acceptors (Lipinski definition) is 3. The lowest BCUT2D eigenvalue weighted by atomic mass is 10.2. The zero-order valence-electron chi connectivity index (χ0n) is 9.32. The summed E-state index contributed by atoms with van der Waals surface area (Å²) in [4.78, 5) is 11.4. The number of amides is 1. The van der Waals surface area contributed by atoms with Gasteiger partial charge in [-0.05, 0) is 31.0 Å². The first kappa shape index (κ1) is 12.2. The van der Waals surface area contributed by atoms with Crippen LogP contribution in [-0.4, -0.2) is 25.4 Å². The second-order valence-corrected chi connectivity index (χ2v) is 4.31. The van der Waals surface area contributed by atoms with E-state index >= 15 is 0 Å². The molecule has 0 spiro atoms. The molecule has 5 heteroatoms. The van der Waals surface area contributed by atoms with Crippen LogP contribution in [0.3, 0.4) is 0 Å². The van der Waals surface area contributed by atoms with E-state index < -0.39 is 6.09 Å². The van der Waals surface area contributed by atoms with Gasteiger partial charge in [-0.25, -0.2) is 4.79 Å². The zero-order chi connectivity index (χ0) is 12.1. The Hall–Kier alpha value is -1.26. The van der Waals surface area contributed by atoms with E-state index in [1.807, 2.05) is 0 Å². The summed E-state index contributed by atoms with van der Waals surface area (Å²) in [5.41, 5.74) is 0.620. The molecule has 4 nitrogen and oxygen atoms in total. The molecule has 1 aromatic rings. The van der Waals surface area contributed by atoms with Crippen LogP contribution in [0.1, 0.15) is 12.8 Å². The average molecular weight is 256 g/mol. The van der Waals surface area contributed by atoms with Crippen molar-refractivity contribution in [2.24, 2.45) is 0 Å². The van der Waals surface area contributed by atoms with Crippen molar-refractivity contribution in [2.75, 3.05) is 18.5 Å². The summed E-state index contributed by atoms with van der Waals surface area (Å²) in [5, 5.41) is 3.18. The Morgan fingerprint density at radius 3 is 3.18 bits per heavy atom. The van der Waals surface area contributed by atoms with Crippen molar-refractivity contribution in [3.63, 3.8) is 0 Å². The molecule has 1 amide bonds. The Morgan fingerprint density at radius 2 is 2.47 bits per heavy atom. The second-order valence-electron chi connectivity index (χ2n) is 3.87. The number of ether oxygens (including phenoxy) is 2. The molecular weight excluding hydrogens is 242 g/mol. The van der Waals surface area contributed by atoms with Crippen LogP contribution in [-0.2, 0) is 9.47 Å². The van der Waals surface area contributed by atoms with Crippen molar-refractivity contribution in [1.82, 2.24) is 0 Å². The summed E-state index contributed by atoms with van der Waals surface area (Å²) >= 11 is 5.80. The number of rotatable bonds is 3. The normalized spacial score (nSPS) is 19.0. The molecule has 0 saturated carbocycles. The molecule has 0 aliphatic carbocycles. The van der Waals surface area contributed by atoms with Gasteiger partial charge in [-0.2, -0.15) is 0 Å². The van der Waals surface area contributed by atoms with E-state index in [1.54, 1.807) is 24.3 Å². The fourth-order valence-corrected chi connectivity index (χ4v) is 1.85. The molecule has 0 radical (unpaired) electrons. The van der Waals surface area contributed by atoms with Crippen molar-refractivity contribution in [3.8, 4) is 0 Å². The number of anilines is 1. The van der Waals surface area contributed by atoms with Crippen LogP contribution >= 0.6 is 11.6 Å². The quantitative estimate of drug-likeness (QED) is 0.903. The van der Waals surface area contributed by atoms with Gasteiger partial charge < -0.3 is 9.47 Å². The van der Waals surface area contributed by atoms with E-state index in [0.717, 1.165) is 19.4 Å². The van der Waals surface area contributed by atoms with E-state index in [0.29, 0.717) is 17.3 Å². The fourth-order valence-electron chi connectivity index (χ4n) is 1.66. The van der Waals surface area contributed by atoms with Gasteiger partial charge in [0, 0.05) is 17.3 Å². The first-order valence-corrected chi connectivity index (χ1v) is 5.93. The molecule has 1 aromatic carbocycles. The first-order chi connectivity index (χ1) is 8.24. The Kier molecular flexibility index (Phi) is 4.23. The highest BCUT2D eigenvalue weighted by atomic mass is 35.5. The third kappa shape index (κ3) is 3.91. The molecule has 1 aliphatic rings. The van der Waals surface area contributed by atoms with E-state index in [-0.39, 0.29) is 6.10 Å². The topological polar surface area (TPSA) is 47.6 Å². The van der Waals surface area contributed by atoms with Crippen molar-refractivity contribution < 1.29 is 14.3 Å². The van der Waals surface area contributed by atoms with Gasteiger partial charge >= 0.3 is 6.09 Å². The predicted octanol–water partition coefficient (Wildman–Crippen LogP) is 3.07. The third-order valence-electron chi connectivity index (χ3n) is 2.50. The van der Waals surface area contributed by atoms with Crippen molar-refractivity contribution in [2.45, 2.75) is 18.9 Å². The highest BCUT2D eigenvalue weighted by molar-refractivity contribution is 6.30. The SMILES string of the molecule is O=C(Nc1cccc(Cl)c1)OC[C@H]1CCCO1. The number of carbonyl (C=O) groups excluding carboxylic acids is 1. The molecule has 1 aliphatic heterocycles. The van der Waals surface area contributed by atoms with E-state index in [4.69, 9.17) is 21.1 Å². The smallest absolute Gasteiger partial charge is 0.411 e. The van der Waals surface area contributed by atoms with Gasteiger partial charge in [0.1, 0.15) is 6.61 Å². The summed E-state index contributed by atoms with van der Waals surface area (Å²) in [6, 6.07) is 6.91. The Morgan fingerprint density at radius 1 is 1.59 bits per heavy atom. The summed E-state index contributed by atoms with van der Waals surface area (Å²) in [5.74, 6) is 0. The van der Waals surface area contributed by atoms with Gasteiger partial charge in [0.2, 0.25) is 0 Å². The van der Waals surface area contributed by atoms with Crippen LogP contribution in [0.2, 0.25) is 5.02 Å². The number of carbonyl (C=O) groups is 1. The van der Waals surface area contributed by atoms with Gasteiger partial charge in [-0.3, -0.25) is 5.32 Å². The third-order valence-corrected chi connectivity index (χ3v) is 2.73. The minimum atomic E-state index is -0.484. The molecule has 0 unspecified atom stereocenters. The van der Waals surface area contributed by atoms with Crippen LogP contribution in [0.25, 0.3) is 0 Å². The average Bonchev–Trinajstić information content (AvgIpc) is 2.79. The van der Waals surface area contributed by atoms with Crippen LogP contribution in [0, 0.1) is 0 Å². The Labute approximate surface area is 105 Å². The predicted molar refractivity (Wildman–Crippen MR) is 65.4 cm³/mol. The van der Waals surface area contributed by atoms with Crippen molar-refractivity contribution in [1.29, 1.82) is 0 Å². The van der Waals surface area contributed by atoms with Crippen LogP contribution in [0.15, 0.2) is 24.3 Å². The molecule has 1 heterocycles. The van der Waals surface area contributed by atoms with Gasteiger partial charge in [-0.15, -0.1) is 0 Å². The van der Waals surface area contributed by atoms with Crippen LogP contribution in [0.5, 0.6) is 0 Å². The van der Waals surface area contributed by atoms with E-state index in [2.05, 4.69) is 5.32 Å². The molecule has 92 valence electrons. The Bertz CT molecular complexity index is 391. The lowest BCUT2D eigenvalue weighted by Crippen LogP contribution is -2.21. The minimum absolute atomic E-state index is 0.0418. The molecule has 1 fully saturated rings. The molecule has 1 atom stereocenters. The van der Waals surface area contributed by atoms with Gasteiger partial charge in [0.05, 0.1) is 6.10 Å². The molecule has 17 heavy (non-hydrogen) atoms. The summed E-state index contributed by atoms with van der Waals surface area (Å²) in [7, 11) is 0. The maximum absolute atomic E-state index is 11.4. The zero-order valence-corrected chi connectivity index (χ0v) is 10.1. The van der Waals surface area contributed by atoms with Gasteiger partial charge in [-0.1, -0.05) is 17.7 Å². The number of nitrogens with one attached hydrogen (secondary N) is 1. The molecule has 1 saturated heterocycles. The first-order valence-electron chi connectivity index (χ1n) is 5.55. The fraction of sp³-hybridized carbons (Fsp3) is 0.417.